The van der Waals surface area contributed by atoms with E-state index in [1.807, 2.05) is 23.8 Å². The Bertz CT molecular complexity index is 978. The summed E-state index contributed by atoms with van der Waals surface area (Å²) < 4.78 is 26.8. The number of amides is 1. The molecule has 0 aliphatic carbocycles. The van der Waals surface area contributed by atoms with Gasteiger partial charge < -0.3 is 5.32 Å². The third-order valence-corrected chi connectivity index (χ3v) is 6.59. The lowest BCUT2D eigenvalue weighted by Gasteiger charge is -2.07. The first-order chi connectivity index (χ1) is 12.5. The fourth-order valence-corrected chi connectivity index (χ4v) is 4.69. The van der Waals surface area contributed by atoms with Gasteiger partial charge in [-0.2, -0.15) is 11.3 Å². The Hall–Kier alpha value is -2.07. The number of benzene rings is 1. The maximum absolute atomic E-state index is 12.2. The lowest BCUT2D eigenvalue weighted by atomic mass is 10.2. The number of sulfonamides is 1. The maximum Gasteiger partial charge on any atom is 0.270 e. The van der Waals surface area contributed by atoms with E-state index in [4.69, 9.17) is 0 Å². The highest BCUT2D eigenvalue weighted by Crippen LogP contribution is 2.25. The summed E-state index contributed by atoms with van der Waals surface area (Å²) in [6.07, 6.45) is 0. The fraction of sp³-hybridized carbons (Fsp3) is 0.176. The molecule has 1 aromatic carbocycles. The average molecular weight is 408 g/mol. The summed E-state index contributed by atoms with van der Waals surface area (Å²) in [7, 11) is -3.58. The summed E-state index contributed by atoms with van der Waals surface area (Å²) in [5.41, 5.74) is 2.31. The molecule has 9 heteroatoms. The van der Waals surface area contributed by atoms with Crippen molar-refractivity contribution in [2.75, 3.05) is 13.1 Å². The number of nitrogens with one attached hydrogen (secondary N) is 2. The Morgan fingerprint density at radius 1 is 1.12 bits per heavy atom. The Morgan fingerprint density at radius 2 is 1.88 bits per heavy atom. The number of hydrogen-bond acceptors (Lipinski definition) is 6. The first-order valence-electron chi connectivity index (χ1n) is 7.78. The molecule has 0 saturated carbocycles. The van der Waals surface area contributed by atoms with Crippen LogP contribution in [-0.2, 0) is 10.0 Å². The van der Waals surface area contributed by atoms with Crippen LogP contribution in [0.25, 0.3) is 10.6 Å². The first-order valence-corrected chi connectivity index (χ1v) is 11.1. The quantitative estimate of drug-likeness (QED) is 0.590. The smallest absolute Gasteiger partial charge is 0.270 e. The average Bonchev–Trinajstić information content (AvgIpc) is 3.30. The second-order valence-corrected chi connectivity index (χ2v) is 8.92. The van der Waals surface area contributed by atoms with Crippen molar-refractivity contribution in [1.82, 2.24) is 15.0 Å². The topological polar surface area (TPSA) is 88.2 Å². The Labute approximate surface area is 160 Å². The number of thiazole rings is 1. The van der Waals surface area contributed by atoms with Crippen LogP contribution in [0.2, 0.25) is 0 Å². The lowest BCUT2D eigenvalue weighted by molar-refractivity contribution is 0.0950. The summed E-state index contributed by atoms with van der Waals surface area (Å²) in [6, 6.07) is 8.54. The van der Waals surface area contributed by atoms with E-state index in [-0.39, 0.29) is 23.9 Å². The zero-order valence-electron chi connectivity index (χ0n) is 13.9. The van der Waals surface area contributed by atoms with Gasteiger partial charge in [-0.3, -0.25) is 4.79 Å². The van der Waals surface area contributed by atoms with Crippen molar-refractivity contribution in [1.29, 1.82) is 0 Å². The Balaban J connectivity index is 1.50. The third kappa shape index (κ3) is 4.55. The molecule has 26 heavy (non-hydrogen) atoms. The number of aromatic nitrogens is 1. The summed E-state index contributed by atoms with van der Waals surface area (Å²) in [5, 5.41) is 9.08. The standard InChI is InChI=1S/C17H17N3O3S3/c1-12-2-4-14(5-3-12)26(22,23)19-8-7-18-16(21)15-11-25-17(20-15)13-6-9-24-10-13/h2-6,9-11,19H,7-8H2,1H3,(H,18,21). The summed E-state index contributed by atoms with van der Waals surface area (Å²) in [6.45, 7) is 2.17. The van der Waals surface area contributed by atoms with Crippen LogP contribution in [0, 0.1) is 6.92 Å². The molecule has 0 fully saturated rings. The summed E-state index contributed by atoms with van der Waals surface area (Å²) >= 11 is 2.97. The predicted octanol–water partition coefficient (Wildman–Crippen LogP) is 2.89. The van der Waals surface area contributed by atoms with E-state index in [9.17, 15) is 13.2 Å². The van der Waals surface area contributed by atoms with Crippen molar-refractivity contribution in [3.05, 3.63) is 57.7 Å². The number of nitrogens with zero attached hydrogens (tertiary/aromatic N) is 1. The van der Waals surface area contributed by atoms with Crippen LogP contribution in [0.4, 0.5) is 0 Å². The van der Waals surface area contributed by atoms with Crippen LogP contribution in [-0.4, -0.2) is 32.4 Å². The Kier molecular flexibility index (Phi) is 5.82. The maximum atomic E-state index is 12.2. The number of thiophene rings is 1. The van der Waals surface area contributed by atoms with Crippen molar-refractivity contribution in [2.24, 2.45) is 0 Å². The minimum Gasteiger partial charge on any atom is -0.349 e. The number of hydrogen-bond donors (Lipinski definition) is 2. The predicted molar refractivity (Wildman–Crippen MR) is 104 cm³/mol. The minimum atomic E-state index is -3.58. The van der Waals surface area contributed by atoms with Crippen molar-refractivity contribution >= 4 is 38.6 Å². The van der Waals surface area contributed by atoms with Gasteiger partial charge in [0.1, 0.15) is 10.7 Å². The van der Waals surface area contributed by atoms with Gasteiger partial charge in [0.15, 0.2) is 0 Å². The normalized spacial score (nSPS) is 11.4. The molecular formula is C17H17N3O3S3. The molecule has 2 heterocycles. The molecular weight excluding hydrogens is 390 g/mol. The molecule has 6 nitrogen and oxygen atoms in total. The Morgan fingerprint density at radius 3 is 2.58 bits per heavy atom. The third-order valence-electron chi connectivity index (χ3n) is 3.54. The molecule has 0 saturated heterocycles. The van der Waals surface area contributed by atoms with Gasteiger partial charge in [-0.1, -0.05) is 17.7 Å². The fourth-order valence-electron chi connectivity index (χ4n) is 2.15. The minimum absolute atomic E-state index is 0.101. The molecule has 136 valence electrons. The van der Waals surface area contributed by atoms with Crippen molar-refractivity contribution in [2.45, 2.75) is 11.8 Å². The first kappa shape index (κ1) is 18.7. The van der Waals surface area contributed by atoms with Crippen molar-refractivity contribution in [3.63, 3.8) is 0 Å². The molecule has 0 unspecified atom stereocenters. The zero-order valence-corrected chi connectivity index (χ0v) is 16.4. The van der Waals surface area contributed by atoms with E-state index in [1.54, 1.807) is 41.0 Å². The van der Waals surface area contributed by atoms with E-state index in [2.05, 4.69) is 15.0 Å². The molecule has 3 rings (SSSR count). The van der Waals surface area contributed by atoms with Gasteiger partial charge >= 0.3 is 0 Å². The monoisotopic (exact) mass is 407 g/mol. The molecule has 1 amide bonds. The second-order valence-electron chi connectivity index (χ2n) is 5.52. The highest BCUT2D eigenvalue weighted by molar-refractivity contribution is 7.89. The number of carbonyl (C=O) groups excluding carboxylic acids is 1. The highest BCUT2D eigenvalue weighted by atomic mass is 32.2. The van der Waals surface area contributed by atoms with Gasteiger partial charge in [-0.15, -0.1) is 11.3 Å². The van der Waals surface area contributed by atoms with Gasteiger partial charge in [0.2, 0.25) is 10.0 Å². The zero-order chi connectivity index (χ0) is 18.6. The van der Waals surface area contributed by atoms with E-state index in [1.165, 1.54) is 11.3 Å². The van der Waals surface area contributed by atoms with E-state index < -0.39 is 10.0 Å². The van der Waals surface area contributed by atoms with E-state index >= 15 is 0 Å². The number of rotatable bonds is 7. The van der Waals surface area contributed by atoms with Crippen molar-refractivity contribution in [3.8, 4) is 10.6 Å². The van der Waals surface area contributed by atoms with Crippen LogP contribution in [0.15, 0.2) is 51.4 Å². The molecule has 0 atom stereocenters. The van der Waals surface area contributed by atoms with E-state index in [0.29, 0.717) is 5.69 Å². The van der Waals surface area contributed by atoms with Crippen LogP contribution in [0.3, 0.4) is 0 Å². The molecule has 2 N–H and O–H groups in total. The van der Waals surface area contributed by atoms with Gasteiger partial charge in [0.25, 0.3) is 5.91 Å². The van der Waals surface area contributed by atoms with Gasteiger partial charge in [-0.05, 0) is 30.5 Å². The van der Waals surface area contributed by atoms with Crippen LogP contribution < -0.4 is 10.0 Å². The van der Waals surface area contributed by atoms with E-state index in [0.717, 1.165) is 16.1 Å². The van der Waals surface area contributed by atoms with Gasteiger partial charge in [0.05, 0.1) is 4.90 Å². The van der Waals surface area contributed by atoms with Gasteiger partial charge in [0, 0.05) is 29.4 Å². The molecule has 0 aliphatic heterocycles. The van der Waals surface area contributed by atoms with Crippen LogP contribution in [0.5, 0.6) is 0 Å². The molecule has 0 radical (unpaired) electrons. The summed E-state index contributed by atoms with van der Waals surface area (Å²) in [5.74, 6) is -0.322. The number of carbonyl (C=O) groups is 1. The number of aryl methyl sites for hydroxylation is 1. The van der Waals surface area contributed by atoms with Gasteiger partial charge in [-0.25, -0.2) is 18.1 Å². The molecule has 0 aliphatic rings. The SMILES string of the molecule is Cc1ccc(S(=O)(=O)NCCNC(=O)c2csc(-c3ccsc3)n2)cc1. The molecule has 2 aromatic heterocycles. The van der Waals surface area contributed by atoms with Crippen LogP contribution >= 0.6 is 22.7 Å². The largest absolute Gasteiger partial charge is 0.349 e. The van der Waals surface area contributed by atoms with Crippen molar-refractivity contribution < 1.29 is 13.2 Å². The summed E-state index contributed by atoms with van der Waals surface area (Å²) in [4.78, 5) is 16.6. The second kappa shape index (κ2) is 8.09. The lowest BCUT2D eigenvalue weighted by Crippen LogP contribution is -2.34. The highest BCUT2D eigenvalue weighted by Gasteiger charge is 2.14. The molecule has 0 bridgehead atoms. The molecule has 3 aromatic rings. The molecule has 0 spiro atoms. The van der Waals surface area contributed by atoms with Crippen LogP contribution in [0.1, 0.15) is 16.1 Å².